The predicted molar refractivity (Wildman–Crippen MR) is 106 cm³/mol. The molecule has 0 saturated carbocycles. The van der Waals surface area contributed by atoms with Crippen molar-refractivity contribution < 1.29 is 4.79 Å². The highest BCUT2D eigenvalue weighted by molar-refractivity contribution is 5.74. The van der Waals surface area contributed by atoms with Gasteiger partial charge < -0.3 is 20.0 Å². The van der Waals surface area contributed by atoms with Gasteiger partial charge in [0.15, 0.2) is 0 Å². The minimum atomic E-state index is 0.0129. The molecule has 2 amide bonds. The molecule has 0 bridgehead atoms. The van der Waals surface area contributed by atoms with Gasteiger partial charge in [0.2, 0.25) is 0 Å². The molecule has 1 aromatic heterocycles. The van der Waals surface area contributed by atoms with Crippen molar-refractivity contribution in [2.24, 2.45) is 0 Å². The largest absolute Gasteiger partial charge is 0.370 e. The van der Waals surface area contributed by atoms with E-state index in [0.29, 0.717) is 19.6 Å². The Morgan fingerprint density at radius 1 is 1.12 bits per heavy atom. The molecule has 2 aromatic rings. The quantitative estimate of drug-likeness (QED) is 0.897. The highest BCUT2D eigenvalue weighted by Crippen LogP contribution is 2.14. The van der Waals surface area contributed by atoms with Crippen LogP contribution in [0.15, 0.2) is 54.7 Å². The summed E-state index contributed by atoms with van der Waals surface area (Å²) >= 11 is 0. The van der Waals surface area contributed by atoms with E-state index < -0.39 is 0 Å². The first-order valence-corrected chi connectivity index (χ1v) is 9.12. The van der Waals surface area contributed by atoms with Crippen molar-refractivity contribution in [3.05, 3.63) is 54.7 Å². The highest BCUT2D eigenvalue weighted by Gasteiger charge is 2.22. The van der Waals surface area contributed by atoms with Crippen molar-refractivity contribution in [2.75, 3.05) is 49.6 Å². The summed E-state index contributed by atoms with van der Waals surface area (Å²) in [5, 5.41) is 3.07. The first-order chi connectivity index (χ1) is 12.6. The average molecular weight is 353 g/mol. The second-order valence-electron chi connectivity index (χ2n) is 6.64. The Labute approximate surface area is 155 Å². The third-order valence-electron chi connectivity index (χ3n) is 4.91. The van der Waals surface area contributed by atoms with Crippen LogP contribution in [0.4, 0.5) is 16.3 Å². The van der Waals surface area contributed by atoms with E-state index in [2.05, 4.69) is 46.2 Å². The number of amides is 2. The fourth-order valence-corrected chi connectivity index (χ4v) is 3.08. The molecule has 1 atom stereocenters. The number of rotatable bonds is 5. The first-order valence-electron chi connectivity index (χ1n) is 9.12. The number of piperazine rings is 1. The van der Waals surface area contributed by atoms with E-state index in [1.807, 2.05) is 41.3 Å². The second-order valence-corrected chi connectivity index (χ2v) is 6.64. The van der Waals surface area contributed by atoms with Gasteiger partial charge in [-0.2, -0.15) is 0 Å². The van der Waals surface area contributed by atoms with Crippen LogP contribution in [0.1, 0.15) is 6.92 Å². The fourth-order valence-electron chi connectivity index (χ4n) is 3.08. The molecule has 1 aliphatic rings. The summed E-state index contributed by atoms with van der Waals surface area (Å²) in [6.45, 7) is 5.78. The Morgan fingerprint density at radius 3 is 2.46 bits per heavy atom. The maximum absolute atomic E-state index is 12.5. The number of anilines is 2. The Morgan fingerprint density at radius 2 is 1.81 bits per heavy atom. The minimum absolute atomic E-state index is 0.0129. The second kappa shape index (κ2) is 8.56. The number of hydrogen-bond donors (Lipinski definition) is 1. The summed E-state index contributed by atoms with van der Waals surface area (Å²) < 4.78 is 0. The monoisotopic (exact) mass is 353 g/mol. The number of benzene rings is 1. The Kier molecular flexibility index (Phi) is 5.94. The zero-order chi connectivity index (χ0) is 18.4. The molecule has 1 fully saturated rings. The molecule has 26 heavy (non-hydrogen) atoms. The highest BCUT2D eigenvalue weighted by atomic mass is 16.2. The maximum Gasteiger partial charge on any atom is 0.317 e. The topological polar surface area (TPSA) is 51.7 Å². The van der Waals surface area contributed by atoms with Crippen LogP contribution in [0, 0.1) is 0 Å². The van der Waals surface area contributed by atoms with Crippen LogP contribution >= 0.6 is 0 Å². The van der Waals surface area contributed by atoms with E-state index in [1.54, 1.807) is 6.20 Å². The molecule has 0 aliphatic carbocycles. The molecular formula is C20H27N5O. The SMILES string of the molecule is CC(CNC(=O)N1CCN(c2ccccn2)CC1)N(C)c1ccccc1. The van der Waals surface area contributed by atoms with Crippen molar-refractivity contribution in [3.63, 3.8) is 0 Å². The van der Waals surface area contributed by atoms with Crippen LogP contribution in [0.2, 0.25) is 0 Å². The van der Waals surface area contributed by atoms with Gasteiger partial charge in [-0.05, 0) is 31.2 Å². The van der Waals surface area contributed by atoms with Crippen molar-refractivity contribution in [1.82, 2.24) is 15.2 Å². The van der Waals surface area contributed by atoms with Crippen molar-refractivity contribution >= 4 is 17.5 Å². The number of carbonyl (C=O) groups excluding carboxylic acids is 1. The van der Waals surface area contributed by atoms with E-state index in [4.69, 9.17) is 0 Å². The Balaban J connectivity index is 1.44. The summed E-state index contributed by atoms with van der Waals surface area (Å²) in [6.07, 6.45) is 1.80. The summed E-state index contributed by atoms with van der Waals surface area (Å²) in [6, 6.07) is 16.4. The number of likely N-dealkylation sites (N-methyl/N-ethyl adjacent to an activating group) is 1. The van der Waals surface area contributed by atoms with Crippen molar-refractivity contribution in [3.8, 4) is 0 Å². The van der Waals surface area contributed by atoms with Crippen LogP contribution in [0.3, 0.4) is 0 Å². The van der Waals surface area contributed by atoms with Crippen LogP contribution in [-0.2, 0) is 0 Å². The number of nitrogens with one attached hydrogen (secondary N) is 1. The molecule has 1 aromatic carbocycles. The molecule has 138 valence electrons. The van der Waals surface area contributed by atoms with Crippen LogP contribution in [0.25, 0.3) is 0 Å². The van der Waals surface area contributed by atoms with Gasteiger partial charge >= 0.3 is 6.03 Å². The molecule has 0 spiro atoms. The summed E-state index contributed by atoms with van der Waals surface area (Å²) in [7, 11) is 2.05. The number of pyridine rings is 1. The van der Waals surface area contributed by atoms with Gasteiger partial charge in [0, 0.05) is 57.7 Å². The number of aromatic nitrogens is 1. The molecular weight excluding hydrogens is 326 g/mol. The van der Waals surface area contributed by atoms with Gasteiger partial charge in [0.05, 0.1) is 0 Å². The molecule has 1 saturated heterocycles. The first kappa shape index (κ1) is 18.0. The third kappa shape index (κ3) is 4.45. The molecule has 3 rings (SSSR count). The van der Waals surface area contributed by atoms with E-state index >= 15 is 0 Å². The van der Waals surface area contributed by atoms with Gasteiger partial charge in [-0.25, -0.2) is 9.78 Å². The van der Waals surface area contributed by atoms with Crippen LogP contribution in [0.5, 0.6) is 0 Å². The molecule has 6 nitrogen and oxygen atoms in total. The Bertz CT molecular complexity index is 686. The standard InChI is InChI=1S/C20H27N5O/c1-17(23(2)18-8-4-3-5-9-18)16-22-20(26)25-14-12-24(13-15-25)19-10-6-7-11-21-19/h3-11,17H,12-16H2,1-2H3,(H,22,26). The minimum Gasteiger partial charge on any atom is -0.370 e. The molecule has 6 heteroatoms. The van der Waals surface area contributed by atoms with E-state index in [9.17, 15) is 4.79 Å². The zero-order valence-corrected chi connectivity index (χ0v) is 15.5. The number of urea groups is 1. The zero-order valence-electron chi connectivity index (χ0n) is 15.5. The number of nitrogens with zero attached hydrogens (tertiary/aromatic N) is 4. The van der Waals surface area contributed by atoms with E-state index in [1.165, 1.54) is 0 Å². The van der Waals surface area contributed by atoms with Crippen molar-refractivity contribution in [2.45, 2.75) is 13.0 Å². The number of hydrogen-bond acceptors (Lipinski definition) is 4. The maximum atomic E-state index is 12.5. The lowest BCUT2D eigenvalue weighted by atomic mass is 10.2. The normalized spacial score (nSPS) is 15.5. The summed E-state index contributed by atoms with van der Waals surface area (Å²) in [5.74, 6) is 0.977. The summed E-state index contributed by atoms with van der Waals surface area (Å²) in [5.41, 5.74) is 1.15. The molecule has 0 radical (unpaired) electrons. The van der Waals surface area contributed by atoms with Crippen molar-refractivity contribution in [1.29, 1.82) is 0 Å². The van der Waals surface area contributed by atoms with Gasteiger partial charge in [0.25, 0.3) is 0 Å². The Hall–Kier alpha value is -2.76. The van der Waals surface area contributed by atoms with Gasteiger partial charge in [0.1, 0.15) is 5.82 Å². The third-order valence-corrected chi connectivity index (χ3v) is 4.91. The van der Waals surface area contributed by atoms with Gasteiger partial charge in [-0.3, -0.25) is 0 Å². The van der Waals surface area contributed by atoms with Crippen LogP contribution in [-0.4, -0.2) is 61.7 Å². The molecule has 2 heterocycles. The lowest BCUT2D eigenvalue weighted by Gasteiger charge is -2.36. The predicted octanol–water partition coefficient (Wildman–Crippen LogP) is 2.44. The number of carbonyl (C=O) groups is 1. The average Bonchev–Trinajstić information content (AvgIpc) is 2.72. The summed E-state index contributed by atoms with van der Waals surface area (Å²) in [4.78, 5) is 23.1. The molecule has 1 aliphatic heterocycles. The van der Waals surface area contributed by atoms with Crippen LogP contribution < -0.4 is 15.1 Å². The smallest absolute Gasteiger partial charge is 0.317 e. The lowest BCUT2D eigenvalue weighted by molar-refractivity contribution is 0.193. The van der Waals surface area contributed by atoms with E-state index in [0.717, 1.165) is 24.6 Å². The lowest BCUT2D eigenvalue weighted by Crippen LogP contribution is -2.53. The van der Waals surface area contributed by atoms with Gasteiger partial charge in [-0.15, -0.1) is 0 Å². The molecule has 1 N–H and O–H groups in total. The molecule has 1 unspecified atom stereocenters. The van der Waals surface area contributed by atoms with E-state index in [-0.39, 0.29) is 12.1 Å². The number of para-hydroxylation sites is 1. The van der Waals surface area contributed by atoms with Gasteiger partial charge in [-0.1, -0.05) is 24.3 Å². The fraction of sp³-hybridized carbons (Fsp3) is 0.400.